The molecule has 0 unspecified atom stereocenters. The van der Waals surface area contributed by atoms with Gasteiger partial charge in [0.1, 0.15) is 11.6 Å². The largest absolute Gasteiger partial charge is 0.496 e. The summed E-state index contributed by atoms with van der Waals surface area (Å²) < 4.78 is 7.00. The zero-order valence-corrected chi connectivity index (χ0v) is 11.5. The summed E-state index contributed by atoms with van der Waals surface area (Å²) in [6.45, 7) is 2.04. The minimum absolute atomic E-state index is 0.609. The monoisotopic (exact) mass is 265 g/mol. The highest BCUT2D eigenvalue weighted by Crippen LogP contribution is 2.35. The molecule has 18 heavy (non-hydrogen) atoms. The second kappa shape index (κ2) is 4.90. The molecule has 0 aliphatic rings. The van der Waals surface area contributed by atoms with Crippen LogP contribution in [-0.2, 0) is 13.5 Å². The van der Waals surface area contributed by atoms with Crippen molar-refractivity contribution in [2.45, 2.75) is 13.3 Å². The molecular formula is C13H16ClN3O. The van der Waals surface area contributed by atoms with Crippen LogP contribution in [0.2, 0.25) is 5.02 Å². The fraction of sp³-hybridized carbons (Fsp3) is 0.308. The molecule has 4 nitrogen and oxygen atoms in total. The highest BCUT2D eigenvalue weighted by atomic mass is 35.5. The van der Waals surface area contributed by atoms with Gasteiger partial charge in [0.25, 0.3) is 0 Å². The first-order chi connectivity index (χ1) is 8.58. The zero-order valence-electron chi connectivity index (χ0n) is 10.7. The number of aromatic nitrogens is 2. The Morgan fingerprint density at radius 2 is 2.17 bits per heavy atom. The Morgan fingerprint density at radius 1 is 1.44 bits per heavy atom. The Hall–Kier alpha value is -1.68. The minimum atomic E-state index is 0.609. The highest BCUT2D eigenvalue weighted by Gasteiger charge is 2.13. The zero-order chi connectivity index (χ0) is 13.3. The molecule has 0 radical (unpaired) electrons. The normalized spacial score (nSPS) is 10.7. The highest BCUT2D eigenvalue weighted by molar-refractivity contribution is 6.32. The molecule has 2 rings (SSSR count). The lowest BCUT2D eigenvalue weighted by Gasteiger charge is -2.11. The third-order valence-corrected chi connectivity index (χ3v) is 3.36. The van der Waals surface area contributed by atoms with Crippen LogP contribution in [0.3, 0.4) is 0 Å². The van der Waals surface area contributed by atoms with Crippen LogP contribution in [0.25, 0.3) is 11.1 Å². The van der Waals surface area contributed by atoms with E-state index in [2.05, 4.69) is 5.10 Å². The van der Waals surface area contributed by atoms with E-state index in [1.165, 1.54) is 0 Å². The average Bonchev–Trinajstić information content (AvgIpc) is 2.69. The van der Waals surface area contributed by atoms with Gasteiger partial charge in [0.2, 0.25) is 0 Å². The number of halogens is 1. The number of nitrogens with two attached hydrogens (primary N) is 1. The molecule has 0 aliphatic heterocycles. The van der Waals surface area contributed by atoms with Gasteiger partial charge in [0.05, 0.1) is 13.3 Å². The molecule has 0 saturated carbocycles. The molecular weight excluding hydrogens is 250 g/mol. The Balaban J connectivity index is 2.59. The van der Waals surface area contributed by atoms with Crippen molar-refractivity contribution in [1.29, 1.82) is 0 Å². The number of rotatable bonds is 3. The summed E-state index contributed by atoms with van der Waals surface area (Å²) in [5, 5.41) is 4.82. The summed E-state index contributed by atoms with van der Waals surface area (Å²) in [5.74, 6) is 1.39. The Labute approximate surface area is 111 Å². The minimum Gasteiger partial charge on any atom is -0.496 e. The van der Waals surface area contributed by atoms with E-state index in [0.29, 0.717) is 10.8 Å². The first-order valence-electron chi connectivity index (χ1n) is 5.72. The van der Waals surface area contributed by atoms with Crippen molar-refractivity contribution >= 4 is 17.4 Å². The van der Waals surface area contributed by atoms with Gasteiger partial charge in [-0.15, -0.1) is 0 Å². The molecule has 0 atom stereocenters. The summed E-state index contributed by atoms with van der Waals surface area (Å²) in [4.78, 5) is 0. The number of ether oxygens (including phenoxy) is 1. The van der Waals surface area contributed by atoms with Crippen molar-refractivity contribution in [3.8, 4) is 16.9 Å². The van der Waals surface area contributed by atoms with Gasteiger partial charge in [0.15, 0.2) is 0 Å². The maximum Gasteiger partial charge on any atom is 0.129 e. The van der Waals surface area contributed by atoms with Gasteiger partial charge in [-0.1, -0.05) is 18.5 Å². The van der Waals surface area contributed by atoms with E-state index < -0.39 is 0 Å². The maximum absolute atomic E-state index is 6.27. The van der Waals surface area contributed by atoms with Gasteiger partial charge in [0, 0.05) is 23.2 Å². The van der Waals surface area contributed by atoms with Gasteiger partial charge < -0.3 is 10.5 Å². The number of hydrogen-bond donors (Lipinski definition) is 1. The van der Waals surface area contributed by atoms with Crippen LogP contribution < -0.4 is 10.5 Å². The van der Waals surface area contributed by atoms with E-state index in [1.54, 1.807) is 25.0 Å². The molecule has 0 bridgehead atoms. The summed E-state index contributed by atoms with van der Waals surface area (Å²) in [5.41, 5.74) is 8.75. The SMILES string of the molecule is CCc1c(Cl)cc(-c2cnn(C)c2N)cc1OC. The molecule has 0 aliphatic carbocycles. The standard InChI is InChI=1S/C13H16ClN3O/c1-4-9-11(14)5-8(6-12(9)18-3)10-7-16-17(2)13(10)15/h5-7H,4,15H2,1-3H3. The van der Waals surface area contributed by atoms with Gasteiger partial charge in [-0.2, -0.15) is 5.10 Å². The lowest BCUT2D eigenvalue weighted by molar-refractivity contribution is 0.410. The molecule has 0 amide bonds. The summed E-state index contributed by atoms with van der Waals surface area (Å²) >= 11 is 6.27. The van der Waals surface area contributed by atoms with Crippen LogP contribution in [0, 0.1) is 0 Å². The van der Waals surface area contributed by atoms with Crippen LogP contribution in [-0.4, -0.2) is 16.9 Å². The second-order valence-corrected chi connectivity index (χ2v) is 4.47. The third-order valence-electron chi connectivity index (χ3n) is 3.02. The van der Waals surface area contributed by atoms with Gasteiger partial charge >= 0.3 is 0 Å². The van der Waals surface area contributed by atoms with Crippen LogP contribution >= 0.6 is 11.6 Å². The van der Waals surface area contributed by atoms with Crippen molar-refractivity contribution in [3.63, 3.8) is 0 Å². The number of nitrogen functional groups attached to an aromatic ring is 1. The van der Waals surface area contributed by atoms with Crippen molar-refractivity contribution in [2.75, 3.05) is 12.8 Å². The first kappa shape index (κ1) is 12.8. The third kappa shape index (κ3) is 2.04. The molecule has 0 fully saturated rings. The predicted octanol–water partition coefficient (Wildman–Crippen LogP) is 2.89. The van der Waals surface area contributed by atoms with E-state index >= 15 is 0 Å². The quantitative estimate of drug-likeness (QED) is 0.928. The molecule has 0 spiro atoms. The number of hydrogen-bond acceptors (Lipinski definition) is 3. The molecule has 96 valence electrons. The second-order valence-electron chi connectivity index (χ2n) is 4.06. The topological polar surface area (TPSA) is 53.1 Å². The molecule has 5 heteroatoms. The molecule has 1 aromatic carbocycles. The van der Waals surface area contributed by atoms with E-state index in [4.69, 9.17) is 22.1 Å². The van der Waals surface area contributed by atoms with E-state index in [-0.39, 0.29) is 0 Å². The van der Waals surface area contributed by atoms with Gasteiger partial charge in [-0.25, -0.2) is 0 Å². The molecule has 1 heterocycles. The van der Waals surface area contributed by atoms with E-state index in [0.717, 1.165) is 28.9 Å². The van der Waals surface area contributed by atoms with Crippen LogP contribution in [0.1, 0.15) is 12.5 Å². The van der Waals surface area contributed by atoms with Crippen molar-refractivity contribution < 1.29 is 4.74 Å². The van der Waals surface area contributed by atoms with Crippen LogP contribution in [0.5, 0.6) is 5.75 Å². The lowest BCUT2D eigenvalue weighted by Crippen LogP contribution is -1.98. The number of benzene rings is 1. The van der Waals surface area contributed by atoms with Crippen LogP contribution in [0.4, 0.5) is 5.82 Å². The summed E-state index contributed by atoms with van der Waals surface area (Å²) in [7, 11) is 3.44. The van der Waals surface area contributed by atoms with Gasteiger partial charge in [-0.05, 0) is 24.1 Å². The number of aryl methyl sites for hydroxylation is 1. The molecule has 2 N–H and O–H groups in total. The van der Waals surface area contributed by atoms with Crippen molar-refractivity contribution in [3.05, 3.63) is 28.9 Å². The fourth-order valence-electron chi connectivity index (χ4n) is 1.96. The van der Waals surface area contributed by atoms with E-state index in [1.807, 2.05) is 19.1 Å². The van der Waals surface area contributed by atoms with Crippen molar-refractivity contribution in [1.82, 2.24) is 9.78 Å². The molecule has 1 aromatic heterocycles. The molecule has 2 aromatic rings. The smallest absolute Gasteiger partial charge is 0.129 e. The van der Waals surface area contributed by atoms with Crippen molar-refractivity contribution in [2.24, 2.45) is 7.05 Å². The average molecular weight is 266 g/mol. The Kier molecular flexibility index (Phi) is 3.48. The Morgan fingerprint density at radius 3 is 2.67 bits per heavy atom. The first-order valence-corrected chi connectivity index (χ1v) is 6.10. The van der Waals surface area contributed by atoms with Crippen LogP contribution in [0.15, 0.2) is 18.3 Å². The van der Waals surface area contributed by atoms with Gasteiger partial charge in [-0.3, -0.25) is 4.68 Å². The fourth-order valence-corrected chi connectivity index (χ4v) is 2.31. The summed E-state index contributed by atoms with van der Waals surface area (Å²) in [6, 6.07) is 3.84. The predicted molar refractivity (Wildman–Crippen MR) is 74.0 cm³/mol. The molecule has 0 saturated heterocycles. The Bertz CT molecular complexity index is 578. The number of nitrogens with zero attached hydrogens (tertiary/aromatic N) is 2. The van der Waals surface area contributed by atoms with E-state index in [9.17, 15) is 0 Å². The summed E-state index contributed by atoms with van der Waals surface area (Å²) in [6.07, 6.45) is 2.55. The lowest BCUT2D eigenvalue weighted by atomic mass is 10.0. The maximum atomic E-state index is 6.27. The number of anilines is 1. The number of methoxy groups -OCH3 is 1.